The summed E-state index contributed by atoms with van der Waals surface area (Å²) in [6, 6.07) is 7.42. The molecule has 1 aliphatic heterocycles. The Bertz CT molecular complexity index is 516. The van der Waals surface area contributed by atoms with E-state index >= 15 is 0 Å². The molecule has 102 valence electrons. The van der Waals surface area contributed by atoms with E-state index in [2.05, 4.69) is 10.5 Å². The van der Waals surface area contributed by atoms with Gasteiger partial charge in [-0.25, -0.2) is 0 Å². The van der Waals surface area contributed by atoms with Crippen molar-refractivity contribution < 1.29 is 9.63 Å². The van der Waals surface area contributed by atoms with Gasteiger partial charge >= 0.3 is 0 Å². The lowest BCUT2D eigenvalue weighted by Gasteiger charge is -2.20. The Kier molecular flexibility index (Phi) is 4.10. The highest BCUT2D eigenvalue weighted by molar-refractivity contribution is 6.34. The van der Waals surface area contributed by atoms with Crippen molar-refractivity contribution in [2.75, 3.05) is 6.54 Å². The van der Waals surface area contributed by atoms with Crippen molar-refractivity contribution in [1.82, 2.24) is 5.32 Å². The third-order valence-corrected chi connectivity index (χ3v) is 3.39. The molecule has 1 aromatic carbocycles. The molecule has 0 spiro atoms. The van der Waals surface area contributed by atoms with E-state index in [0.717, 1.165) is 12.0 Å². The van der Waals surface area contributed by atoms with Crippen LogP contribution in [0.4, 0.5) is 0 Å². The number of carbonyl (C=O) groups is 1. The summed E-state index contributed by atoms with van der Waals surface area (Å²) in [6.45, 7) is 4.38. The van der Waals surface area contributed by atoms with Crippen LogP contribution < -0.4 is 5.32 Å². The molecule has 1 amide bonds. The maximum Gasteiger partial charge on any atom is 0.267 e. The van der Waals surface area contributed by atoms with Crippen LogP contribution in [-0.4, -0.2) is 23.8 Å². The normalized spacial score (nSPS) is 21.7. The Morgan fingerprint density at radius 3 is 2.95 bits per heavy atom. The molecule has 0 radical (unpaired) electrons. The molecule has 0 bridgehead atoms. The fourth-order valence-corrected chi connectivity index (χ4v) is 2.17. The zero-order chi connectivity index (χ0) is 13.9. The summed E-state index contributed by atoms with van der Waals surface area (Å²) >= 11 is 6.12. The van der Waals surface area contributed by atoms with E-state index in [0.29, 0.717) is 23.7 Å². The van der Waals surface area contributed by atoms with Crippen LogP contribution in [0.1, 0.15) is 32.3 Å². The van der Waals surface area contributed by atoms with Crippen LogP contribution in [0.5, 0.6) is 0 Å². The summed E-state index contributed by atoms with van der Waals surface area (Å²) < 4.78 is 0. The van der Waals surface area contributed by atoms with Crippen LogP contribution in [-0.2, 0) is 9.63 Å². The molecule has 4 nitrogen and oxygen atoms in total. The molecule has 0 saturated heterocycles. The smallest absolute Gasteiger partial charge is 0.267 e. The molecule has 5 heteroatoms. The first kappa shape index (κ1) is 13.9. The van der Waals surface area contributed by atoms with Crippen molar-refractivity contribution in [2.24, 2.45) is 5.16 Å². The number of oxime groups is 1. The molecule has 0 fully saturated rings. The monoisotopic (exact) mass is 280 g/mol. The van der Waals surface area contributed by atoms with Crippen LogP contribution in [0.25, 0.3) is 0 Å². The highest BCUT2D eigenvalue weighted by Crippen LogP contribution is 2.29. The first-order valence-electron chi connectivity index (χ1n) is 6.35. The molecule has 1 unspecified atom stereocenters. The standard InChI is InChI=1S/C14H17ClN2O2/c1-3-8-16-13(18)14(2)9-12(17-19-14)10-6-4-5-7-11(10)15/h4-7H,3,8-9H2,1-2H3,(H,16,18). The fourth-order valence-electron chi connectivity index (χ4n) is 1.93. The Morgan fingerprint density at radius 2 is 2.26 bits per heavy atom. The lowest BCUT2D eigenvalue weighted by atomic mass is 9.95. The van der Waals surface area contributed by atoms with Gasteiger partial charge in [0.2, 0.25) is 5.60 Å². The summed E-state index contributed by atoms with van der Waals surface area (Å²) in [5.41, 5.74) is 0.583. The Labute approximate surface area is 117 Å². The average molecular weight is 281 g/mol. The molecular formula is C14H17ClN2O2. The van der Waals surface area contributed by atoms with Crippen LogP contribution in [0.3, 0.4) is 0 Å². The first-order chi connectivity index (χ1) is 9.07. The molecule has 19 heavy (non-hydrogen) atoms. The second-order valence-corrected chi connectivity index (χ2v) is 5.18. The number of nitrogens with zero attached hydrogens (tertiary/aromatic N) is 1. The number of amides is 1. The van der Waals surface area contributed by atoms with Gasteiger partial charge in [0.1, 0.15) is 0 Å². The Balaban J connectivity index is 2.10. The van der Waals surface area contributed by atoms with Crippen molar-refractivity contribution in [3.8, 4) is 0 Å². The molecule has 1 aliphatic rings. The predicted molar refractivity (Wildman–Crippen MR) is 75.4 cm³/mol. The maximum atomic E-state index is 12.0. The van der Waals surface area contributed by atoms with Gasteiger partial charge < -0.3 is 10.2 Å². The average Bonchev–Trinajstić information content (AvgIpc) is 2.80. The maximum absolute atomic E-state index is 12.0. The summed E-state index contributed by atoms with van der Waals surface area (Å²) in [4.78, 5) is 17.4. The second kappa shape index (κ2) is 5.61. The number of rotatable bonds is 4. The molecule has 0 aromatic heterocycles. The van der Waals surface area contributed by atoms with Crippen molar-refractivity contribution >= 4 is 23.2 Å². The van der Waals surface area contributed by atoms with Gasteiger partial charge in [0.05, 0.1) is 5.71 Å². The van der Waals surface area contributed by atoms with Crippen LogP contribution >= 0.6 is 11.6 Å². The number of benzene rings is 1. The van der Waals surface area contributed by atoms with Gasteiger partial charge in [0.15, 0.2) is 0 Å². The first-order valence-corrected chi connectivity index (χ1v) is 6.73. The molecular weight excluding hydrogens is 264 g/mol. The Hall–Kier alpha value is -1.55. The van der Waals surface area contributed by atoms with E-state index in [-0.39, 0.29) is 5.91 Å². The van der Waals surface area contributed by atoms with E-state index in [9.17, 15) is 4.79 Å². The van der Waals surface area contributed by atoms with Crippen LogP contribution in [0, 0.1) is 0 Å². The third kappa shape index (κ3) is 2.89. The number of nitrogens with one attached hydrogen (secondary N) is 1. The SMILES string of the molecule is CCCNC(=O)C1(C)CC(c2ccccc2Cl)=NO1. The summed E-state index contributed by atoms with van der Waals surface area (Å²) in [7, 11) is 0. The van der Waals surface area contributed by atoms with Gasteiger partial charge in [0.25, 0.3) is 5.91 Å². The molecule has 2 rings (SSSR count). The van der Waals surface area contributed by atoms with Crippen molar-refractivity contribution in [3.63, 3.8) is 0 Å². The van der Waals surface area contributed by atoms with Gasteiger partial charge in [-0.1, -0.05) is 41.9 Å². The predicted octanol–water partition coefficient (Wildman–Crippen LogP) is 2.75. The highest BCUT2D eigenvalue weighted by atomic mass is 35.5. The van der Waals surface area contributed by atoms with Gasteiger partial charge in [-0.05, 0) is 19.4 Å². The van der Waals surface area contributed by atoms with E-state index < -0.39 is 5.60 Å². The van der Waals surface area contributed by atoms with E-state index in [1.54, 1.807) is 13.0 Å². The minimum atomic E-state index is -0.941. The summed E-state index contributed by atoms with van der Waals surface area (Å²) in [5.74, 6) is -0.139. The zero-order valence-corrected chi connectivity index (χ0v) is 11.8. The zero-order valence-electron chi connectivity index (χ0n) is 11.1. The quantitative estimate of drug-likeness (QED) is 0.922. The van der Waals surface area contributed by atoms with Gasteiger partial charge in [-0.2, -0.15) is 0 Å². The fraction of sp³-hybridized carbons (Fsp3) is 0.429. The van der Waals surface area contributed by atoms with Gasteiger partial charge in [-0.3, -0.25) is 4.79 Å². The lowest BCUT2D eigenvalue weighted by Crippen LogP contribution is -2.45. The molecule has 0 saturated carbocycles. The van der Waals surface area contributed by atoms with E-state index in [1.807, 2.05) is 25.1 Å². The largest absolute Gasteiger partial charge is 0.379 e. The number of halogens is 1. The molecule has 1 atom stereocenters. The number of hydrogen-bond acceptors (Lipinski definition) is 3. The molecule has 0 aliphatic carbocycles. The van der Waals surface area contributed by atoms with Crippen molar-refractivity contribution in [2.45, 2.75) is 32.3 Å². The van der Waals surface area contributed by atoms with Crippen LogP contribution in [0.2, 0.25) is 5.02 Å². The number of carbonyl (C=O) groups excluding carboxylic acids is 1. The summed E-state index contributed by atoms with van der Waals surface area (Å²) in [5, 5.41) is 7.47. The lowest BCUT2D eigenvalue weighted by molar-refractivity contribution is -0.141. The van der Waals surface area contributed by atoms with Gasteiger partial charge in [-0.15, -0.1) is 0 Å². The number of hydrogen-bond donors (Lipinski definition) is 1. The second-order valence-electron chi connectivity index (χ2n) is 4.77. The van der Waals surface area contributed by atoms with Crippen molar-refractivity contribution in [3.05, 3.63) is 34.9 Å². The minimum absolute atomic E-state index is 0.139. The Morgan fingerprint density at radius 1 is 1.53 bits per heavy atom. The molecule has 1 heterocycles. The third-order valence-electron chi connectivity index (χ3n) is 3.06. The summed E-state index contributed by atoms with van der Waals surface area (Å²) in [6.07, 6.45) is 1.31. The van der Waals surface area contributed by atoms with E-state index in [4.69, 9.17) is 16.4 Å². The van der Waals surface area contributed by atoms with E-state index in [1.165, 1.54) is 0 Å². The highest BCUT2D eigenvalue weighted by Gasteiger charge is 2.42. The van der Waals surface area contributed by atoms with Crippen molar-refractivity contribution in [1.29, 1.82) is 0 Å². The van der Waals surface area contributed by atoms with Gasteiger partial charge in [0, 0.05) is 23.6 Å². The minimum Gasteiger partial charge on any atom is -0.379 e. The van der Waals surface area contributed by atoms with Crippen LogP contribution in [0.15, 0.2) is 29.4 Å². The molecule has 1 N–H and O–H groups in total. The topological polar surface area (TPSA) is 50.7 Å². The molecule has 1 aromatic rings.